The number of carbonyl (C=O) groups is 2. The van der Waals surface area contributed by atoms with Crippen LogP contribution in [0.4, 0.5) is 5.69 Å². The number of carboxylic acid groups (broad SMARTS) is 1. The highest BCUT2D eigenvalue weighted by Crippen LogP contribution is 2.49. The van der Waals surface area contributed by atoms with Crippen LogP contribution in [0.3, 0.4) is 0 Å². The van der Waals surface area contributed by atoms with Crippen molar-refractivity contribution in [2.45, 2.75) is 12.3 Å². The predicted molar refractivity (Wildman–Crippen MR) is 110 cm³/mol. The molecule has 0 saturated heterocycles. The second-order valence-electron chi connectivity index (χ2n) is 6.44. The molecule has 0 aliphatic carbocycles. The Kier molecular flexibility index (Phi) is 4.83. The Balaban J connectivity index is 1.89. The van der Waals surface area contributed by atoms with Gasteiger partial charge in [0.2, 0.25) is 5.91 Å². The summed E-state index contributed by atoms with van der Waals surface area (Å²) in [5.74, 6) is -0.646. The van der Waals surface area contributed by atoms with Gasteiger partial charge in [0.15, 0.2) is 0 Å². The van der Waals surface area contributed by atoms with Gasteiger partial charge in [0.05, 0.1) is 12.8 Å². The highest BCUT2D eigenvalue weighted by Gasteiger charge is 2.34. The number of rotatable bonds is 4. The smallest absolute Gasteiger partial charge is 0.346 e. The molecule has 0 fully saturated rings. The lowest BCUT2D eigenvalue weighted by Crippen LogP contribution is -2.22. The van der Waals surface area contributed by atoms with Crippen LogP contribution in [0.1, 0.15) is 32.5 Å². The molecular formula is C21H16ClNO4S. The molecule has 1 aromatic heterocycles. The Morgan fingerprint density at radius 1 is 1.18 bits per heavy atom. The Morgan fingerprint density at radius 3 is 2.46 bits per heavy atom. The molecule has 2 N–H and O–H groups in total. The number of hydrogen-bond acceptors (Lipinski definition) is 4. The summed E-state index contributed by atoms with van der Waals surface area (Å²) in [5, 5.41) is 13.2. The summed E-state index contributed by atoms with van der Waals surface area (Å²) >= 11 is 7.18. The minimum absolute atomic E-state index is 0.140. The zero-order valence-electron chi connectivity index (χ0n) is 14.9. The van der Waals surface area contributed by atoms with Crippen molar-refractivity contribution in [3.05, 3.63) is 68.9 Å². The van der Waals surface area contributed by atoms with Crippen molar-refractivity contribution < 1.29 is 19.4 Å². The van der Waals surface area contributed by atoms with Gasteiger partial charge in [0.1, 0.15) is 10.6 Å². The average Bonchev–Trinajstić information content (AvgIpc) is 3.07. The monoisotopic (exact) mass is 413 g/mol. The van der Waals surface area contributed by atoms with Gasteiger partial charge in [-0.2, -0.15) is 0 Å². The van der Waals surface area contributed by atoms with Crippen molar-refractivity contribution >= 4 is 40.5 Å². The first-order valence-electron chi connectivity index (χ1n) is 8.57. The number of carbonyl (C=O) groups excluding carboxylic acids is 1. The quantitative estimate of drug-likeness (QED) is 0.612. The van der Waals surface area contributed by atoms with Crippen LogP contribution in [0, 0.1) is 0 Å². The fourth-order valence-electron chi connectivity index (χ4n) is 3.43. The van der Waals surface area contributed by atoms with Crippen LogP contribution in [-0.4, -0.2) is 24.1 Å². The van der Waals surface area contributed by atoms with E-state index in [0.29, 0.717) is 21.8 Å². The summed E-state index contributed by atoms with van der Waals surface area (Å²) in [6.07, 6.45) is 0.263. The molecule has 2 heterocycles. The molecule has 1 amide bonds. The van der Waals surface area contributed by atoms with E-state index in [1.165, 1.54) is 11.3 Å². The van der Waals surface area contributed by atoms with Crippen molar-refractivity contribution in [3.8, 4) is 16.9 Å². The Bertz CT molecular complexity index is 1060. The lowest BCUT2D eigenvalue weighted by molar-refractivity contribution is -0.116. The van der Waals surface area contributed by atoms with Gasteiger partial charge < -0.3 is 15.2 Å². The van der Waals surface area contributed by atoms with E-state index in [1.807, 2.05) is 24.3 Å². The van der Waals surface area contributed by atoms with Crippen LogP contribution in [0.2, 0.25) is 5.02 Å². The molecule has 28 heavy (non-hydrogen) atoms. The van der Waals surface area contributed by atoms with Gasteiger partial charge in [-0.1, -0.05) is 35.9 Å². The Morgan fingerprint density at radius 2 is 1.86 bits per heavy atom. The third kappa shape index (κ3) is 3.25. The normalized spacial score (nSPS) is 15.6. The van der Waals surface area contributed by atoms with E-state index in [-0.39, 0.29) is 23.1 Å². The zero-order chi connectivity index (χ0) is 19.8. The predicted octanol–water partition coefficient (Wildman–Crippen LogP) is 5.25. The van der Waals surface area contributed by atoms with Gasteiger partial charge in [-0.05, 0) is 35.4 Å². The molecule has 0 bridgehead atoms. The van der Waals surface area contributed by atoms with Gasteiger partial charge in [-0.15, -0.1) is 11.3 Å². The third-order valence-electron chi connectivity index (χ3n) is 4.75. The van der Waals surface area contributed by atoms with Gasteiger partial charge in [0.25, 0.3) is 0 Å². The summed E-state index contributed by atoms with van der Waals surface area (Å²) < 4.78 is 5.20. The number of amides is 1. The number of anilines is 1. The Hall–Kier alpha value is -2.83. The number of carboxylic acids is 1. The molecule has 0 saturated carbocycles. The van der Waals surface area contributed by atoms with Gasteiger partial charge in [-0.3, -0.25) is 4.79 Å². The molecular weight excluding hydrogens is 398 g/mol. The number of fused-ring (bicyclic) bond motifs is 1. The molecule has 0 unspecified atom stereocenters. The maximum Gasteiger partial charge on any atom is 0.346 e. The van der Waals surface area contributed by atoms with Crippen molar-refractivity contribution in [2.24, 2.45) is 0 Å². The fraction of sp³-hybridized carbons (Fsp3) is 0.143. The van der Waals surface area contributed by atoms with Gasteiger partial charge in [-0.25, -0.2) is 4.79 Å². The molecule has 1 aliphatic heterocycles. The maximum absolute atomic E-state index is 12.4. The second-order valence-corrected chi connectivity index (χ2v) is 7.92. The minimum Gasteiger partial charge on any atom is -0.497 e. The first kappa shape index (κ1) is 18.5. The van der Waals surface area contributed by atoms with E-state index >= 15 is 0 Å². The molecule has 1 aliphatic rings. The zero-order valence-corrected chi connectivity index (χ0v) is 16.4. The number of ether oxygens (including phenoxy) is 1. The molecule has 4 rings (SSSR count). The second kappa shape index (κ2) is 7.30. The highest BCUT2D eigenvalue weighted by molar-refractivity contribution is 7.15. The summed E-state index contributed by atoms with van der Waals surface area (Å²) in [7, 11) is 1.60. The van der Waals surface area contributed by atoms with Gasteiger partial charge >= 0.3 is 5.97 Å². The summed E-state index contributed by atoms with van der Waals surface area (Å²) in [6, 6.07) is 14.4. The molecule has 3 aromatic rings. The van der Waals surface area contributed by atoms with Crippen LogP contribution in [0.5, 0.6) is 5.75 Å². The van der Waals surface area contributed by atoms with E-state index in [9.17, 15) is 14.7 Å². The summed E-state index contributed by atoms with van der Waals surface area (Å²) in [4.78, 5) is 25.4. The van der Waals surface area contributed by atoms with Gasteiger partial charge in [0, 0.05) is 27.8 Å². The topological polar surface area (TPSA) is 75.6 Å². The average molecular weight is 414 g/mol. The van der Waals surface area contributed by atoms with Crippen molar-refractivity contribution in [1.82, 2.24) is 0 Å². The number of benzene rings is 2. The third-order valence-corrected chi connectivity index (χ3v) is 6.29. The summed E-state index contributed by atoms with van der Waals surface area (Å²) in [5.41, 5.74) is 2.74. The first-order valence-corrected chi connectivity index (χ1v) is 9.77. The highest BCUT2D eigenvalue weighted by atomic mass is 35.5. The molecule has 0 radical (unpaired) electrons. The van der Waals surface area contributed by atoms with Crippen molar-refractivity contribution in [1.29, 1.82) is 0 Å². The molecule has 5 nitrogen and oxygen atoms in total. The van der Waals surface area contributed by atoms with Crippen LogP contribution in [-0.2, 0) is 4.79 Å². The lowest BCUT2D eigenvalue weighted by Gasteiger charge is -2.24. The van der Waals surface area contributed by atoms with E-state index in [1.54, 1.807) is 31.4 Å². The van der Waals surface area contributed by atoms with Crippen molar-refractivity contribution in [3.63, 3.8) is 0 Å². The number of methoxy groups -OCH3 is 1. The number of halogens is 1. The van der Waals surface area contributed by atoms with Crippen LogP contribution in [0.25, 0.3) is 11.1 Å². The number of hydrogen-bond donors (Lipinski definition) is 2. The van der Waals surface area contributed by atoms with E-state index in [4.69, 9.17) is 16.3 Å². The maximum atomic E-state index is 12.4. The number of thiophene rings is 1. The van der Waals surface area contributed by atoms with Crippen molar-refractivity contribution in [2.75, 3.05) is 12.4 Å². The number of nitrogens with one attached hydrogen (secondary N) is 1. The lowest BCUT2D eigenvalue weighted by atomic mass is 9.88. The van der Waals surface area contributed by atoms with Crippen LogP contribution in [0.15, 0.2) is 48.5 Å². The standard InChI is InChI=1S/C21H16ClNO4S/c1-27-14-8-4-11(5-9-14)15-10-16(24)23-18-17(12-2-6-13(22)7-3-12)20(21(25)26)28-19(15)18/h2-9,15H,10H2,1H3,(H,23,24)(H,25,26)/t15-/m1/s1. The van der Waals surface area contributed by atoms with E-state index < -0.39 is 5.97 Å². The fourth-order valence-corrected chi connectivity index (χ4v) is 4.81. The minimum atomic E-state index is -1.02. The molecule has 2 aromatic carbocycles. The molecule has 0 spiro atoms. The van der Waals surface area contributed by atoms with E-state index in [0.717, 1.165) is 16.2 Å². The van der Waals surface area contributed by atoms with Crippen LogP contribution < -0.4 is 10.1 Å². The van der Waals surface area contributed by atoms with Crippen LogP contribution >= 0.6 is 22.9 Å². The summed E-state index contributed by atoms with van der Waals surface area (Å²) in [6.45, 7) is 0. The SMILES string of the molecule is COc1ccc([C@H]2CC(=O)Nc3c2sc(C(=O)O)c3-c2ccc(Cl)cc2)cc1. The Labute approximate surface area is 170 Å². The largest absolute Gasteiger partial charge is 0.497 e. The first-order chi connectivity index (χ1) is 13.5. The molecule has 142 valence electrons. The van der Waals surface area contributed by atoms with E-state index in [2.05, 4.69) is 5.32 Å². The number of aromatic carboxylic acids is 1. The molecule has 1 atom stereocenters. The molecule has 7 heteroatoms.